The number of thiophene rings is 1. The van der Waals surface area contributed by atoms with E-state index in [4.69, 9.17) is 26.4 Å². The summed E-state index contributed by atoms with van der Waals surface area (Å²) >= 11 is 6.88. The average molecular weight is 541 g/mol. The Kier molecular flexibility index (Phi) is 10.2. The largest absolute Gasteiger partial charge is 0.462 e. The minimum absolute atomic E-state index is 0.162. The molecule has 0 atom stereocenters. The van der Waals surface area contributed by atoms with Crippen LogP contribution in [0.15, 0.2) is 54.6 Å². The summed E-state index contributed by atoms with van der Waals surface area (Å²) < 4.78 is 15.4. The van der Waals surface area contributed by atoms with Crippen LogP contribution in [-0.4, -0.2) is 42.8 Å². The van der Waals surface area contributed by atoms with Crippen LogP contribution >= 0.6 is 23.6 Å². The third kappa shape index (κ3) is 7.86. The molecule has 2 aromatic carbocycles. The Morgan fingerprint density at radius 1 is 0.784 bits per heavy atom. The first-order chi connectivity index (χ1) is 17.8. The van der Waals surface area contributed by atoms with Crippen LogP contribution in [0.5, 0.6) is 0 Å². The van der Waals surface area contributed by atoms with E-state index in [-0.39, 0.29) is 36.1 Å². The van der Waals surface area contributed by atoms with Crippen LogP contribution in [0.3, 0.4) is 0 Å². The molecule has 8 nitrogen and oxygen atoms in total. The third-order valence-electron chi connectivity index (χ3n) is 4.94. The lowest BCUT2D eigenvalue weighted by Crippen LogP contribution is -2.21. The van der Waals surface area contributed by atoms with Gasteiger partial charge in [-0.05, 0) is 62.8 Å². The van der Waals surface area contributed by atoms with Gasteiger partial charge in [0.1, 0.15) is 5.00 Å². The highest BCUT2D eigenvalue weighted by Gasteiger charge is 2.20. The molecule has 0 bridgehead atoms. The van der Waals surface area contributed by atoms with Crippen molar-refractivity contribution in [1.82, 2.24) is 0 Å². The fraction of sp³-hybridized carbons (Fsp3) is 0.259. The molecule has 1 aromatic heterocycles. The zero-order chi connectivity index (χ0) is 26.8. The standard InChI is InChI=1S/C27H28N2O6S2/c1-4-33-24(30)18-13-19(25(31)34-5-2)15-20(14-18)28-27(36)29-23-22(26(32)35-6-3)16-21(37-23)12-17-10-8-7-9-11-17/h7-11,13-16H,4-6,12H2,1-3H3,(H2,28,29,36). The topological polar surface area (TPSA) is 103 Å². The maximum Gasteiger partial charge on any atom is 0.341 e. The number of carbonyl (C=O) groups is 3. The zero-order valence-corrected chi connectivity index (χ0v) is 22.4. The second kappa shape index (κ2) is 13.5. The highest BCUT2D eigenvalue weighted by atomic mass is 32.1. The predicted molar refractivity (Wildman–Crippen MR) is 148 cm³/mol. The number of ether oxygens (including phenoxy) is 3. The molecule has 10 heteroatoms. The lowest BCUT2D eigenvalue weighted by molar-refractivity contribution is 0.0513. The van der Waals surface area contributed by atoms with E-state index in [0.29, 0.717) is 22.7 Å². The summed E-state index contributed by atoms with van der Waals surface area (Å²) in [7, 11) is 0. The first-order valence-corrected chi connectivity index (χ1v) is 13.0. The summed E-state index contributed by atoms with van der Waals surface area (Å²) in [6, 6.07) is 16.1. The number of benzene rings is 2. The summed E-state index contributed by atoms with van der Waals surface area (Å²) in [6.45, 7) is 5.74. The van der Waals surface area contributed by atoms with Crippen molar-refractivity contribution < 1.29 is 28.6 Å². The van der Waals surface area contributed by atoms with Crippen LogP contribution < -0.4 is 10.6 Å². The first-order valence-electron chi connectivity index (χ1n) is 11.8. The Morgan fingerprint density at radius 2 is 1.35 bits per heavy atom. The molecule has 0 aliphatic rings. The van der Waals surface area contributed by atoms with Crippen LogP contribution in [0.4, 0.5) is 10.7 Å². The highest BCUT2D eigenvalue weighted by Crippen LogP contribution is 2.31. The molecule has 0 amide bonds. The monoisotopic (exact) mass is 540 g/mol. The van der Waals surface area contributed by atoms with E-state index in [9.17, 15) is 14.4 Å². The Balaban J connectivity index is 1.85. The summed E-state index contributed by atoms with van der Waals surface area (Å²) in [5, 5.41) is 6.72. The van der Waals surface area contributed by atoms with Gasteiger partial charge in [0.25, 0.3) is 0 Å². The molecule has 0 saturated carbocycles. The molecule has 194 valence electrons. The first kappa shape index (κ1) is 27.8. The van der Waals surface area contributed by atoms with Crippen LogP contribution in [0, 0.1) is 0 Å². The number of thiocarbonyl (C=S) groups is 1. The number of hydrogen-bond donors (Lipinski definition) is 2. The van der Waals surface area contributed by atoms with Gasteiger partial charge in [-0.3, -0.25) is 0 Å². The van der Waals surface area contributed by atoms with Gasteiger partial charge >= 0.3 is 17.9 Å². The van der Waals surface area contributed by atoms with E-state index in [2.05, 4.69) is 10.6 Å². The summed E-state index contributed by atoms with van der Waals surface area (Å²) in [5.74, 6) is -1.62. The SMILES string of the molecule is CCOC(=O)c1cc(NC(=S)Nc2sc(Cc3ccccc3)cc2C(=O)OCC)cc(C(=O)OCC)c1. The van der Waals surface area contributed by atoms with Crippen molar-refractivity contribution in [3.63, 3.8) is 0 Å². The minimum atomic E-state index is -0.580. The molecule has 37 heavy (non-hydrogen) atoms. The van der Waals surface area contributed by atoms with Gasteiger partial charge in [-0.2, -0.15) is 0 Å². The zero-order valence-electron chi connectivity index (χ0n) is 20.8. The minimum Gasteiger partial charge on any atom is -0.462 e. The summed E-state index contributed by atoms with van der Waals surface area (Å²) in [6.07, 6.45) is 0.643. The second-order valence-electron chi connectivity index (χ2n) is 7.66. The number of rotatable bonds is 10. The van der Waals surface area contributed by atoms with Crippen LogP contribution in [0.25, 0.3) is 0 Å². The number of anilines is 2. The van der Waals surface area contributed by atoms with Gasteiger partial charge in [0.15, 0.2) is 5.11 Å². The molecule has 0 radical (unpaired) electrons. The van der Waals surface area contributed by atoms with Gasteiger partial charge in [-0.1, -0.05) is 30.3 Å². The average Bonchev–Trinajstić information content (AvgIpc) is 3.26. The van der Waals surface area contributed by atoms with Crippen molar-refractivity contribution in [3.8, 4) is 0 Å². The van der Waals surface area contributed by atoms with Crippen molar-refractivity contribution in [2.75, 3.05) is 30.5 Å². The summed E-state index contributed by atoms with van der Waals surface area (Å²) in [5.41, 5.74) is 2.20. The van der Waals surface area contributed by atoms with Gasteiger partial charge in [-0.25, -0.2) is 14.4 Å². The van der Waals surface area contributed by atoms with Gasteiger partial charge in [0, 0.05) is 17.0 Å². The fourth-order valence-electron chi connectivity index (χ4n) is 3.41. The van der Waals surface area contributed by atoms with E-state index in [1.54, 1.807) is 26.8 Å². The lowest BCUT2D eigenvalue weighted by Gasteiger charge is -2.13. The fourth-order valence-corrected chi connectivity index (χ4v) is 4.78. The third-order valence-corrected chi connectivity index (χ3v) is 6.19. The molecule has 0 aliphatic heterocycles. The van der Waals surface area contributed by atoms with Crippen molar-refractivity contribution in [2.45, 2.75) is 27.2 Å². The molecule has 0 aliphatic carbocycles. The van der Waals surface area contributed by atoms with E-state index in [1.165, 1.54) is 29.5 Å². The van der Waals surface area contributed by atoms with Crippen molar-refractivity contribution >= 4 is 57.3 Å². The smallest absolute Gasteiger partial charge is 0.341 e. The molecule has 3 aromatic rings. The molecular formula is C27H28N2O6S2. The maximum absolute atomic E-state index is 12.6. The van der Waals surface area contributed by atoms with Crippen LogP contribution in [0.2, 0.25) is 0 Å². The van der Waals surface area contributed by atoms with Gasteiger partial charge in [-0.15, -0.1) is 11.3 Å². The van der Waals surface area contributed by atoms with Crippen molar-refractivity contribution in [1.29, 1.82) is 0 Å². The Morgan fingerprint density at radius 3 is 1.92 bits per heavy atom. The Labute approximate surface area is 224 Å². The molecule has 1 heterocycles. The predicted octanol–water partition coefficient (Wildman–Crippen LogP) is 5.68. The lowest BCUT2D eigenvalue weighted by atomic mass is 10.1. The molecule has 2 N–H and O–H groups in total. The highest BCUT2D eigenvalue weighted by molar-refractivity contribution is 7.80. The van der Waals surface area contributed by atoms with Gasteiger partial charge in [0.05, 0.1) is 36.5 Å². The van der Waals surface area contributed by atoms with E-state index in [1.807, 2.05) is 30.3 Å². The molecular weight excluding hydrogens is 512 g/mol. The molecule has 3 rings (SSSR count). The number of carbonyl (C=O) groups excluding carboxylic acids is 3. The molecule has 0 saturated heterocycles. The Bertz CT molecular complexity index is 1240. The second-order valence-corrected chi connectivity index (χ2v) is 9.20. The van der Waals surface area contributed by atoms with Crippen molar-refractivity contribution in [2.24, 2.45) is 0 Å². The normalized spacial score (nSPS) is 10.4. The van der Waals surface area contributed by atoms with E-state index >= 15 is 0 Å². The number of hydrogen-bond acceptors (Lipinski definition) is 8. The number of esters is 3. The van der Waals surface area contributed by atoms with Crippen molar-refractivity contribution in [3.05, 3.63) is 81.7 Å². The maximum atomic E-state index is 12.6. The molecule has 0 spiro atoms. The van der Waals surface area contributed by atoms with E-state index in [0.717, 1.165) is 10.4 Å². The van der Waals surface area contributed by atoms with E-state index < -0.39 is 17.9 Å². The van der Waals surface area contributed by atoms with Gasteiger partial charge < -0.3 is 24.8 Å². The molecule has 0 fully saturated rings. The van der Waals surface area contributed by atoms with Crippen LogP contribution in [0.1, 0.15) is 62.3 Å². The van der Waals surface area contributed by atoms with Gasteiger partial charge in [0.2, 0.25) is 0 Å². The Hall–Kier alpha value is -3.76. The van der Waals surface area contributed by atoms with Crippen LogP contribution in [-0.2, 0) is 20.6 Å². The number of nitrogens with one attached hydrogen (secondary N) is 2. The quantitative estimate of drug-likeness (QED) is 0.191. The molecule has 0 unspecified atom stereocenters. The summed E-state index contributed by atoms with van der Waals surface area (Å²) in [4.78, 5) is 38.2.